The van der Waals surface area contributed by atoms with Gasteiger partial charge in [-0.1, -0.05) is 37.3 Å². The first-order valence-corrected chi connectivity index (χ1v) is 8.98. The summed E-state index contributed by atoms with van der Waals surface area (Å²) in [5.74, 6) is 0.876. The first kappa shape index (κ1) is 18.0. The van der Waals surface area contributed by atoms with E-state index in [1.165, 1.54) is 5.56 Å². The SMILES string of the molecule is CC(CNC(=O)COc1ccc(N2CCCC2=O)cc1)c1ccccc1. The molecule has 1 atom stereocenters. The van der Waals surface area contributed by atoms with Crippen LogP contribution in [0, 0.1) is 0 Å². The minimum Gasteiger partial charge on any atom is -0.484 e. The molecule has 1 heterocycles. The second-order valence-corrected chi connectivity index (χ2v) is 6.55. The maximum Gasteiger partial charge on any atom is 0.257 e. The predicted octanol–water partition coefficient (Wildman–Crippen LogP) is 3.11. The van der Waals surface area contributed by atoms with E-state index in [1.54, 1.807) is 17.0 Å². The molecule has 0 aliphatic carbocycles. The largest absolute Gasteiger partial charge is 0.484 e. The summed E-state index contributed by atoms with van der Waals surface area (Å²) < 4.78 is 5.53. The van der Waals surface area contributed by atoms with Crippen molar-refractivity contribution in [2.45, 2.75) is 25.7 Å². The molecule has 5 nitrogen and oxygen atoms in total. The molecule has 0 saturated carbocycles. The van der Waals surface area contributed by atoms with Crippen LogP contribution >= 0.6 is 0 Å². The number of carbonyl (C=O) groups excluding carboxylic acids is 2. The molecule has 2 aromatic rings. The van der Waals surface area contributed by atoms with Gasteiger partial charge in [0.15, 0.2) is 6.61 Å². The maximum absolute atomic E-state index is 12.0. The molecule has 136 valence electrons. The predicted molar refractivity (Wildman–Crippen MR) is 101 cm³/mol. The third-order valence-electron chi connectivity index (χ3n) is 4.57. The van der Waals surface area contributed by atoms with Crippen molar-refractivity contribution in [1.82, 2.24) is 5.32 Å². The van der Waals surface area contributed by atoms with Gasteiger partial charge in [0.05, 0.1) is 0 Å². The Bertz CT molecular complexity index is 744. The summed E-state index contributed by atoms with van der Waals surface area (Å²) in [6, 6.07) is 17.4. The van der Waals surface area contributed by atoms with Crippen LogP contribution in [0.25, 0.3) is 0 Å². The molecule has 1 aliphatic heterocycles. The number of nitrogens with one attached hydrogen (secondary N) is 1. The lowest BCUT2D eigenvalue weighted by molar-refractivity contribution is -0.123. The highest BCUT2D eigenvalue weighted by Gasteiger charge is 2.21. The van der Waals surface area contributed by atoms with Gasteiger partial charge in [0, 0.05) is 25.2 Å². The lowest BCUT2D eigenvalue weighted by atomic mass is 10.0. The van der Waals surface area contributed by atoms with Gasteiger partial charge in [0.2, 0.25) is 5.91 Å². The Labute approximate surface area is 154 Å². The molecule has 1 saturated heterocycles. The van der Waals surface area contributed by atoms with Gasteiger partial charge in [0.1, 0.15) is 5.75 Å². The van der Waals surface area contributed by atoms with E-state index in [0.29, 0.717) is 18.7 Å². The number of anilines is 1. The molecule has 0 aromatic heterocycles. The van der Waals surface area contributed by atoms with Crippen LogP contribution in [0.3, 0.4) is 0 Å². The van der Waals surface area contributed by atoms with Gasteiger partial charge < -0.3 is 15.0 Å². The van der Waals surface area contributed by atoms with Crippen LogP contribution in [0.15, 0.2) is 54.6 Å². The summed E-state index contributed by atoms with van der Waals surface area (Å²) in [6.07, 6.45) is 1.51. The normalized spacial score (nSPS) is 15.0. The molecular formula is C21H24N2O3. The quantitative estimate of drug-likeness (QED) is 0.833. The molecule has 26 heavy (non-hydrogen) atoms. The Hall–Kier alpha value is -2.82. The van der Waals surface area contributed by atoms with Crippen molar-refractivity contribution in [2.24, 2.45) is 0 Å². The Morgan fingerprint density at radius 3 is 2.54 bits per heavy atom. The Morgan fingerprint density at radius 1 is 1.15 bits per heavy atom. The smallest absolute Gasteiger partial charge is 0.257 e. The number of amides is 2. The summed E-state index contributed by atoms with van der Waals surface area (Å²) in [4.78, 5) is 25.5. The number of carbonyl (C=O) groups is 2. The molecule has 2 amide bonds. The average Bonchev–Trinajstić information content (AvgIpc) is 3.11. The van der Waals surface area contributed by atoms with Crippen LogP contribution in [0.5, 0.6) is 5.75 Å². The van der Waals surface area contributed by atoms with Crippen molar-refractivity contribution in [3.05, 3.63) is 60.2 Å². The van der Waals surface area contributed by atoms with Crippen LogP contribution in [-0.2, 0) is 9.59 Å². The molecule has 1 aliphatic rings. The van der Waals surface area contributed by atoms with Gasteiger partial charge in [-0.3, -0.25) is 9.59 Å². The molecule has 0 radical (unpaired) electrons. The zero-order valence-corrected chi connectivity index (χ0v) is 15.0. The second-order valence-electron chi connectivity index (χ2n) is 6.55. The molecule has 0 bridgehead atoms. The Morgan fingerprint density at radius 2 is 1.88 bits per heavy atom. The van der Waals surface area contributed by atoms with Crippen LogP contribution in [0.1, 0.15) is 31.2 Å². The number of ether oxygens (including phenoxy) is 1. The molecule has 2 aromatic carbocycles. The molecular weight excluding hydrogens is 328 g/mol. The van der Waals surface area contributed by atoms with Crippen molar-refractivity contribution in [3.63, 3.8) is 0 Å². The monoisotopic (exact) mass is 352 g/mol. The van der Waals surface area contributed by atoms with Crippen LogP contribution < -0.4 is 15.0 Å². The number of hydrogen-bond acceptors (Lipinski definition) is 3. The van der Waals surface area contributed by atoms with E-state index >= 15 is 0 Å². The van der Waals surface area contributed by atoms with E-state index in [1.807, 2.05) is 30.3 Å². The third-order valence-corrected chi connectivity index (χ3v) is 4.57. The second kappa shape index (κ2) is 8.52. The molecule has 5 heteroatoms. The fraction of sp³-hybridized carbons (Fsp3) is 0.333. The first-order chi connectivity index (χ1) is 12.6. The summed E-state index contributed by atoms with van der Waals surface area (Å²) in [7, 11) is 0. The fourth-order valence-electron chi connectivity index (χ4n) is 3.01. The molecule has 3 rings (SSSR count). The van der Waals surface area contributed by atoms with E-state index < -0.39 is 0 Å². The van der Waals surface area contributed by atoms with E-state index in [2.05, 4.69) is 24.4 Å². The maximum atomic E-state index is 12.0. The van der Waals surface area contributed by atoms with Crippen molar-refractivity contribution in [2.75, 3.05) is 24.6 Å². The number of nitrogens with zero attached hydrogens (tertiary/aromatic N) is 1. The summed E-state index contributed by atoms with van der Waals surface area (Å²) in [6.45, 7) is 3.39. The standard InChI is InChI=1S/C21H24N2O3/c1-16(17-6-3-2-4-7-17)14-22-20(24)15-26-19-11-9-18(10-12-19)23-13-5-8-21(23)25/h2-4,6-7,9-12,16H,5,8,13-15H2,1H3,(H,22,24). The van der Waals surface area contributed by atoms with E-state index in [9.17, 15) is 9.59 Å². The molecule has 1 unspecified atom stereocenters. The molecule has 1 N–H and O–H groups in total. The van der Waals surface area contributed by atoms with E-state index in [0.717, 1.165) is 18.7 Å². The van der Waals surface area contributed by atoms with Crippen molar-refractivity contribution < 1.29 is 14.3 Å². The van der Waals surface area contributed by atoms with Crippen LogP contribution in [0.2, 0.25) is 0 Å². The van der Waals surface area contributed by atoms with Gasteiger partial charge >= 0.3 is 0 Å². The summed E-state index contributed by atoms with van der Waals surface area (Å²) in [5.41, 5.74) is 2.07. The molecule has 0 spiro atoms. The van der Waals surface area contributed by atoms with Crippen molar-refractivity contribution >= 4 is 17.5 Å². The molecule has 1 fully saturated rings. The number of rotatable bonds is 7. The zero-order chi connectivity index (χ0) is 18.4. The highest BCUT2D eigenvalue weighted by molar-refractivity contribution is 5.95. The van der Waals surface area contributed by atoms with Crippen molar-refractivity contribution in [1.29, 1.82) is 0 Å². The van der Waals surface area contributed by atoms with Crippen molar-refractivity contribution in [3.8, 4) is 5.75 Å². The first-order valence-electron chi connectivity index (χ1n) is 8.98. The van der Waals surface area contributed by atoms with Crippen LogP contribution in [-0.4, -0.2) is 31.5 Å². The Kier molecular flexibility index (Phi) is 5.89. The summed E-state index contributed by atoms with van der Waals surface area (Å²) >= 11 is 0. The third kappa shape index (κ3) is 4.63. The number of benzene rings is 2. The van der Waals surface area contributed by atoms with E-state index in [-0.39, 0.29) is 24.3 Å². The minimum absolute atomic E-state index is 0.0243. The lowest BCUT2D eigenvalue weighted by Crippen LogP contribution is -2.31. The number of hydrogen-bond donors (Lipinski definition) is 1. The van der Waals surface area contributed by atoms with E-state index in [4.69, 9.17) is 4.74 Å². The van der Waals surface area contributed by atoms with Gasteiger partial charge in [-0.05, 0) is 42.2 Å². The lowest BCUT2D eigenvalue weighted by Gasteiger charge is -2.16. The average molecular weight is 352 g/mol. The minimum atomic E-state index is -0.147. The highest BCUT2D eigenvalue weighted by atomic mass is 16.5. The van der Waals surface area contributed by atoms with Gasteiger partial charge in [-0.15, -0.1) is 0 Å². The van der Waals surface area contributed by atoms with Gasteiger partial charge in [0.25, 0.3) is 5.91 Å². The topological polar surface area (TPSA) is 58.6 Å². The fourth-order valence-corrected chi connectivity index (χ4v) is 3.01. The zero-order valence-electron chi connectivity index (χ0n) is 15.0. The summed E-state index contributed by atoms with van der Waals surface area (Å²) in [5, 5.41) is 2.90. The Balaban J connectivity index is 1.43. The van der Waals surface area contributed by atoms with Gasteiger partial charge in [-0.2, -0.15) is 0 Å². The van der Waals surface area contributed by atoms with Crippen LogP contribution in [0.4, 0.5) is 5.69 Å². The highest BCUT2D eigenvalue weighted by Crippen LogP contribution is 2.23. The van der Waals surface area contributed by atoms with Gasteiger partial charge in [-0.25, -0.2) is 0 Å².